The van der Waals surface area contributed by atoms with Crippen molar-refractivity contribution in [2.45, 2.75) is 19.9 Å². The Kier molecular flexibility index (Phi) is 8.25. The van der Waals surface area contributed by atoms with Gasteiger partial charge in [-0.3, -0.25) is 4.90 Å². The molecule has 0 radical (unpaired) electrons. The third-order valence-corrected chi connectivity index (χ3v) is 3.26. The Balaban J connectivity index is 2.44. The van der Waals surface area contributed by atoms with Crippen molar-refractivity contribution >= 4 is 12.0 Å². The van der Waals surface area contributed by atoms with Gasteiger partial charge in [-0.1, -0.05) is 12.1 Å². The number of rotatable bonds is 9. The average Bonchev–Trinajstić information content (AvgIpc) is 2.52. The highest BCUT2D eigenvalue weighted by atomic mass is 16.5. The molecule has 0 bridgehead atoms. The van der Waals surface area contributed by atoms with Crippen molar-refractivity contribution in [1.29, 1.82) is 0 Å². The SMILES string of the molecule is COC(=O)C=Cc1ccc(OCCN(CCO)C(C)C)cc1. The zero-order valence-electron chi connectivity index (χ0n) is 13.5. The third kappa shape index (κ3) is 6.74. The minimum atomic E-state index is -0.377. The van der Waals surface area contributed by atoms with Crippen LogP contribution in [-0.4, -0.2) is 55.4 Å². The molecule has 0 spiro atoms. The van der Waals surface area contributed by atoms with Gasteiger partial charge in [0.15, 0.2) is 0 Å². The van der Waals surface area contributed by atoms with Gasteiger partial charge in [0.2, 0.25) is 0 Å². The second-order valence-electron chi connectivity index (χ2n) is 5.13. The van der Waals surface area contributed by atoms with Crippen molar-refractivity contribution in [3.8, 4) is 5.75 Å². The molecule has 0 aromatic heterocycles. The van der Waals surface area contributed by atoms with E-state index in [2.05, 4.69) is 23.5 Å². The van der Waals surface area contributed by atoms with E-state index in [0.29, 0.717) is 19.2 Å². The van der Waals surface area contributed by atoms with Crippen molar-refractivity contribution in [2.75, 3.05) is 33.4 Å². The molecular formula is C17H25NO4. The van der Waals surface area contributed by atoms with E-state index < -0.39 is 0 Å². The summed E-state index contributed by atoms with van der Waals surface area (Å²) in [4.78, 5) is 13.2. The number of aliphatic hydroxyl groups is 1. The first kappa shape index (κ1) is 18.2. The maximum Gasteiger partial charge on any atom is 0.330 e. The molecule has 0 atom stereocenters. The highest BCUT2D eigenvalue weighted by Gasteiger charge is 2.08. The van der Waals surface area contributed by atoms with E-state index in [0.717, 1.165) is 17.9 Å². The number of nitrogens with zero attached hydrogens (tertiary/aromatic N) is 1. The Morgan fingerprint density at radius 1 is 1.27 bits per heavy atom. The van der Waals surface area contributed by atoms with Crippen molar-refractivity contribution in [1.82, 2.24) is 4.90 Å². The Bertz CT molecular complexity index is 468. The molecule has 122 valence electrons. The van der Waals surface area contributed by atoms with Gasteiger partial charge in [0.25, 0.3) is 0 Å². The molecule has 1 N–H and O–H groups in total. The minimum absolute atomic E-state index is 0.152. The lowest BCUT2D eigenvalue weighted by molar-refractivity contribution is -0.134. The second-order valence-corrected chi connectivity index (χ2v) is 5.13. The van der Waals surface area contributed by atoms with Crippen LogP contribution in [-0.2, 0) is 9.53 Å². The number of esters is 1. The first-order valence-electron chi connectivity index (χ1n) is 7.40. The number of ether oxygens (including phenoxy) is 2. The number of methoxy groups -OCH3 is 1. The predicted octanol–water partition coefficient (Wildman–Crippen LogP) is 1.95. The Labute approximate surface area is 132 Å². The molecule has 1 aromatic rings. The van der Waals surface area contributed by atoms with Crippen molar-refractivity contribution in [3.63, 3.8) is 0 Å². The molecule has 0 saturated carbocycles. The maximum atomic E-state index is 11.0. The zero-order chi connectivity index (χ0) is 16.4. The molecule has 0 aliphatic carbocycles. The molecule has 0 fully saturated rings. The van der Waals surface area contributed by atoms with Crippen molar-refractivity contribution in [2.24, 2.45) is 0 Å². The third-order valence-electron chi connectivity index (χ3n) is 3.26. The van der Waals surface area contributed by atoms with Gasteiger partial charge in [-0.2, -0.15) is 0 Å². The van der Waals surface area contributed by atoms with E-state index >= 15 is 0 Å². The van der Waals surface area contributed by atoms with Crippen LogP contribution in [0.5, 0.6) is 5.75 Å². The molecule has 0 heterocycles. The van der Waals surface area contributed by atoms with Crippen LogP contribution < -0.4 is 4.74 Å². The first-order chi connectivity index (χ1) is 10.6. The Hall–Kier alpha value is -1.85. The summed E-state index contributed by atoms with van der Waals surface area (Å²) in [5.41, 5.74) is 0.904. The normalized spacial score (nSPS) is 11.4. The lowest BCUT2D eigenvalue weighted by Gasteiger charge is -2.25. The lowest BCUT2D eigenvalue weighted by atomic mass is 10.2. The molecule has 0 saturated heterocycles. The van der Waals surface area contributed by atoms with Crippen LogP contribution in [0.15, 0.2) is 30.3 Å². The molecule has 0 aliphatic heterocycles. The molecule has 0 unspecified atom stereocenters. The molecule has 5 nitrogen and oxygen atoms in total. The summed E-state index contributed by atoms with van der Waals surface area (Å²) in [5.74, 6) is 0.404. The quantitative estimate of drug-likeness (QED) is 0.558. The molecular weight excluding hydrogens is 282 g/mol. The van der Waals surface area contributed by atoms with Gasteiger partial charge in [0.1, 0.15) is 12.4 Å². The summed E-state index contributed by atoms with van der Waals surface area (Å²) in [7, 11) is 1.35. The summed E-state index contributed by atoms with van der Waals surface area (Å²) >= 11 is 0. The second kappa shape index (κ2) is 9.97. The van der Waals surface area contributed by atoms with Crippen LogP contribution in [0.25, 0.3) is 6.08 Å². The number of carbonyl (C=O) groups excluding carboxylic acids is 1. The van der Waals surface area contributed by atoms with E-state index in [1.54, 1.807) is 6.08 Å². The van der Waals surface area contributed by atoms with Crippen LogP contribution in [0.4, 0.5) is 0 Å². The van der Waals surface area contributed by atoms with Gasteiger partial charge < -0.3 is 14.6 Å². The van der Waals surface area contributed by atoms with Crippen LogP contribution in [0.3, 0.4) is 0 Å². The van der Waals surface area contributed by atoms with Crippen LogP contribution in [0.2, 0.25) is 0 Å². The molecule has 1 aromatic carbocycles. The predicted molar refractivity (Wildman–Crippen MR) is 86.8 cm³/mol. The first-order valence-corrected chi connectivity index (χ1v) is 7.40. The number of hydrogen-bond acceptors (Lipinski definition) is 5. The van der Waals surface area contributed by atoms with Gasteiger partial charge in [-0.15, -0.1) is 0 Å². The van der Waals surface area contributed by atoms with Crippen LogP contribution in [0, 0.1) is 0 Å². The summed E-state index contributed by atoms with van der Waals surface area (Å²) in [6, 6.07) is 7.86. The smallest absolute Gasteiger partial charge is 0.330 e. The van der Waals surface area contributed by atoms with E-state index in [4.69, 9.17) is 9.84 Å². The minimum Gasteiger partial charge on any atom is -0.492 e. The molecule has 22 heavy (non-hydrogen) atoms. The monoisotopic (exact) mass is 307 g/mol. The number of carbonyl (C=O) groups is 1. The highest BCUT2D eigenvalue weighted by molar-refractivity contribution is 5.86. The van der Waals surface area contributed by atoms with Crippen LogP contribution >= 0.6 is 0 Å². The fourth-order valence-corrected chi connectivity index (χ4v) is 1.94. The van der Waals surface area contributed by atoms with E-state index in [1.165, 1.54) is 13.2 Å². The highest BCUT2D eigenvalue weighted by Crippen LogP contribution is 2.13. The molecule has 1 rings (SSSR count). The average molecular weight is 307 g/mol. The van der Waals surface area contributed by atoms with Gasteiger partial charge in [0, 0.05) is 25.2 Å². The van der Waals surface area contributed by atoms with Crippen molar-refractivity contribution in [3.05, 3.63) is 35.9 Å². The summed E-state index contributed by atoms with van der Waals surface area (Å²) in [6.07, 6.45) is 3.07. The Morgan fingerprint density at radius 2 is 1.95 bits per heavy atom. The molecule has 0 amide bonds. The van der Waals surface area contributed by atoms with Crippen molar-refractivity contribution < 1.29 is 19.4 Å². The number of hydrogen-bond donors (Lipinski definition) is 1. The fourth-order valence-electron chi connectivity index (χ4n) is 1.94. The van der Waals surface area contributed by atoms with E-state index in [-0.39, 0.29) is 12.6 Å². The van der Waals surface area contributed by atoms with E-state index in [9.17, 15) is 4.79 Å². The van der Waals surface area contributed by atoms with Crippen LogP contribution in [0.1, 0.15) is 19.4 Å². The molecule has 5 heteroatoms. The summed E-state index contributed by atoms with van der Waals surface area (Å²) in [5, 5.41) is 9.02. The van der Waals surface area contributed by atoms with Gasteiger partial charge in [0.05, 0.1) is 13.7 Å². The lowest BCUT2D eigenvalue weighted by Crippen LogP contribution is -2.36. The maximum absolute atomic E-state index is 11.0. The fraction of sp³-hybridized carbons (Fsp3) is 0.471. The van der Waals surface area contributed by atoms with Gasteiger partial charge in [-0.25, -0.2) is 4.79 Å². The number of benzene rings is 1. The largest absolute Gasteiger partial charge is 0.492 e. The van der Waals surface area contributed by atoms with Gasteiger partial charge >= 0.3 is 5.97 Å². The standard InChI is InChI=1S/C17H25NO4/c1-14(2)18(10-12-19)11-13-22-16-7-4-15(5-8-16)6-9-17(20)21-3/h4-9,14,19H,10-13H2,1-3H3. The number of aliphatic hydroxyl groups excluding tert-OH is 1. The van der Waals surface area contributed by atoms with E-state index in [1.807, 2.05) is 24.3 Å². The Morgan fingerprint density at radius 3 is 2.50 bits per heavy atom. The molecule has 0 aliphatic rings. The van der Waals surface area contributed by atoms with Gasteiger partial charge in [-0.05, 0) is 37.6 Å². The zero-order valence-corrected chi connectivity index (χ0v) is 13.5. The summed E-state index contributed by atoms with van der Waals surface area (Å²) in [6.45, 7) is 6.33. The summed E-state index contributed by atoms with van der Waals surface area (Å²) < 4.78 is 10.2. The topological polar surface area (TPSA) is 59.0 Å².